The average molecular weight is 227 g/mol. The van der Waals surface area contributed by atoms with E-state index in [1.807, 2.05) is 0 Å². The molecule has 0 aliphatic heterocycles. The predicted molar refractivity (Wildman–Crippen MR) is 41.7 cm³/mol. The first-order valence-electron chi connectivity index (χ1n) is 3.79. The molecule has 0 bridgehead atoms. The van der Waals surface area contributed by atoms with Crippen molar-refractivity contribution in [3.63, 3.8) is 0 Å². The molecule has 0 unspecified atom stereocenters. The van der Waals surface area contributed by atoms with Crippen LogP contribution >= 0.6 is 0 Å². The molecule has 5 heteroatoms. The summed E-state index contributed by atoms with van der Waals surface area (Å²) in [7, 11) is 0. The van der Waals surface area contributed by atoms with Gasteiger partial charge in [-0.2, -0.15) is 0 Å². The van der Waals surface area contributed by atoms with Crippen LogP contribution < -0.4 is 0 Å². The van der Waals surface area contributed by atoms with Crippen molar-refractivity contribution >= 4 is 14.7 Å². The van der Waals surface area contributed by atoms with Gasteiger partial charge in [-0.15, -0.1) is 0 Å². The van der Waals surface area contributed by atoms with Crippen LogP contribution in [0.4, 0.5) is 3.50 Å². The summed E-state index contributed by atoms with van der Waals surface area (Å²) in [6.07, 6.45) is 0. The second-order valence-corrected chi connectivity index (χ2v) is 5.62. The Hall–Kier alpha value is 0.353. The zero-order valence-corrected chi connectivity index (χ0v) is 9.32. The second-order valence-electron chi connectivity index (χ2n) is 1.78. The minimum absolute atomic E-state index is 0.302. The number of halogens is 1. The SMILES string of the molecule is CC[O][Ge]([F])([O]CC)[O]CC. The molecule has 0 atom stereocenters. The van der Waals surface area contributed by atoms with Gasteiger partial charge in [0.2, 0.25) is 0 Å². The summed E-state index contributed by atoms with van der Waals surface area (Å²) in [6, 6.07) is 0. The molecule has 0 aliphatic rings. The van der Waals surface area contributed by atoms with Gasteiger partial charge in [0.15, 0.2) is 0 Å². The topological polar surface area (TPSA) is 27.7 Å². The molecular weight excluding hydrogens is 212 g/mol. The minimum atomic E-state index is -4.24. The van der Waals surface area contributed by atoms with Gasteiger partial charge in [0.25, 0.3) is 0 Å². The van der Waals surface area contributed by atoms with Crippen LogP contribution in [0.1, 0.15) is 20.8 Å². The molecule has 0 rings (SSSR count). The van der Waals surface area contributed by atoms with E-state index < -0.39 is 14.7 Å². The molecule has 68 valence electrons. The fraction of sp³-hybridized carbons (Fsp3) is 1.00. The van der Waals surface area contributed by atoms with Gasteiger partial charge in [0.1, 0.15) is 0 Å². The molecule has 0 aromatic heterocycles. The van der Waals surface area contributed by atoms with Gasteiger partial charge >= 0.3 is 70.1 Å². The van der Waals surface area contributed by atoms with Crippen molar-refractivity contribution in [1.82, 2.24) is 0 Å². The third-order valence-corrected chi connectivity index (χ3v) is 4.94. The van der Waals surface area contributed by atoms with Gasteiger partial charge in [0.05, 0.1) is 0 Å². The van der Waals surface area contributed by atoms with E-state index in [9.17, 15) is 3.50 Å². The van der Waals surface area contributed by atoms with E-state index >= 15 is 0 Å². The van der Waals surface area contributed by atoms with Crippen LogP contribution in [0.3, 0.4) is 0 Å². The summed E-state index contributed by atoms with van der Waals surface area (Å²) in [4.78, 5) is 0. The summed E-state index contributed by atoms with van der Waals surface area (Å²) < 4.78 is 27.7. The summed E-state index contributed by atoms with van der Waals surface area (Å²) in [6.45, 7) is 6.07. The average Bonchev–Trinajstić information content (AvgIpc) is 1.88. The van der Waals surface area contributed by atoms with Gasteiger partial charge in [-0.1, -0.05) is 0 Å². The van der Waals surface area contributed by atoms with Gasteiger partial charge in [-0.3, -0.25) is 0 Å². The molecule has 0 aromatic rings. The standard InChI is InChI=1S/C6H15FGeO3/c1-4-9-8(7,10-5-2)11-6-3/h4-6H2,1-3H3. The summed E-state index contributed by atoms with van der Waals surface area (Å²) in [5.41, 5.74) is 0. The van der Waals surface area contributed by atoms with E-state index in [1.54, 1.807) is 20.8 Å². The molecule has 0 amide bonds. The van der Waals surface area contributed by atoms with Crippen molar-refractivity contribution in [1.29, 1.82) is 0 Å². The van der Waals surface area contributed by atoms with E-state index in [2.05, 4.69) is 0 Å². The zero-order chi connectivity index (χ0) is 8.74. The summed E-state index contributed by atoms with van der Waals surface area (Å²) in [5, 5.41) is 0. The van der Waals surface area contributed by atoms with Gasteiger partial charge in [0, 0.05) is 0 Å². The van der Waals surface area contributed by atoms with E-state index in [0.29, 0.717) is 19.8 Å². The van der Waals surface area contributed by atoms with Crippen LogP contribution in [0.2, 0.25) is 0 Å². The van der Waals surface area contributed by atoms with Crippen molar-refractivity contribution in [3.8, 4) is 0 Å². The van der Waals surface area contributed by atoms with Crippen molar-refractivity contribution in [3.05, 3.63) is 0 Å². The number of hydrogen-bond acceptors (Lipinski definition) is 3. The summed E-state index contributed by atoms with van der Waals surface area (Å²) >= 11 is -4.24. The first-order valence-corrected chi connectivity index (χ1v) is 7.15. The second kappa shape index (κ2) is 5.93. The van der Waals surface area contributed by atoms with E-state index in [-0.39, 0.29) is 0 Å². The Balaban J connectivity index is 3.79. The van der Waals surface area contributed by atoms with Crippen LogP contribution in [-0.2, 0) is 11.3 Å². The van der Waals surface area contributed by atoms with Crippen molar-refractivity contribution in [2.24, 2.45) is 0 Å². The summed E-state index contributed by atoms with van der Waals surface area (Å²) in [5.74, 6) is 0. The zero-order valence-electron chi connectivity index (χ0n) is 7.22. The van der Waals surface area contributed by atoms with Crippen molar-refractivity contribution in [2.45, 2.75) is 20.8 Å². The Kier molecular flexibility index (Phi) is 6.13. The third-order valence-electron chi connectivity index (χ3n) is 0.950. The molecule has 0 saturated carbocycles. The van der Waals surface area contributed by atoms with E-state index in [4.69, 9.17) is 11.3 Å². The maximum atomic E-state index is 13.3. The van der Waals surface area contributed by atoms with Crippen molar-refractivity contribution < 1.29 is 14.8 Å². The number of rotatable bonds is 6. The first kappa shape index (κ1) is 11.4. The van der Waals surface area contributed by atoms with Gasteiger partial charge in [-0.05, 0) is 0 Å². The molecule has 0 aromatic carbocycles. The first-order chi connectivity index (χ1) is 5.18. The molecule has 3 nitrogen and oxygen atoms in total. The molecular formula is C6H15FGeO3. The fourth-order valence-corrected chi connectivity index (χ4v) is 3.34. The van der Waals surface area contributed by atoms with Gasteiger partial charge in [-0.25, -0.2) is 0 Å². The normalized spacial score (nSPS) is 12.0. The Morgan fingerprint density at radius 2 is 1.18 bits per heavy atom. The van der Waals surface area contributed by atoms with Crippen LogP contribution in [0.5, 0.6) is 0 Å². The van der Waals surface area contributed by atoms with Gasteiger partial charge < -0.3 is 0 Å². The third kappa shape index (κ3) is 4.73. The quantitative estimate of drug-likeness (QED) is 0.643. The van der Waals surface area contributed by atoms with Crippen LogP contribution in [0.15, 0.2) is 0 Å². The molecule has 11 heavy (non-hydrogen) atoms. The molecule has 0 N–H and O–H groups in total. The molecule has 0 spiro atoms. The van der Waals surface area contributed by atoms with E-state index in [1.165, 1.54) is 0 Å². The predicted octanol–water partition coefficient (Wildman–Crippen LogP) is 1.50. The molecule has 0 fully saturated rings. The van der Waals surface area contributed by atoms with Crippen LogP contribution in [0.25, 0.3) is 0 Å². The molecule has 0 radical (unpaired) electrons. The molecule has 0 heterocycles. The van der Waals surface area contributed by atoms with Crippen LogP contribution in [-0.4, -0.2) is 34.6 Å². The Morgan fingerprint density at radius 1 is 0.909 bits per heavy atom. The Labute approximate surface area is 70.7 Å². The monoisotopic (exact) mass is 228 g/mol. The molecule has 0 aliphatic carbocycles. The van der Waals surface area contributed by atoms with E-state index in [0.717, 1.165) is 0 Å². The fourth-order valence-electron chi connectivity index (χ4n) is 0.642. The maximum absolute atomic E-state index is 13.3. The Morgan fingerprint density at radius 3 is 1.36 bits per heavy atom. The van der Waals surface area contributed by atoms with Crippen molar-refractivity contribution in [2.75, 3.05) is 19.8 Å². The molecule has 0 saturated heterocycles. The Bertz CT molecular complexity index is 84.8. The number of hydrogen-bond donors (Lipinski definition) is 0. The van der Waals surface area contributed by atoms with Crippen LogP contribution in [0, 0.1) is 0 Å².